The Bertz CT molecular complexity index is 1070. The zero-order valence-electron chi connectivity index (χ0n) is 14.9. The van der Waals surface area contributed by atoms with Crippen molar-refractivity contribution in [3.63, 3.8) is 0 Å². The van der Waals surface area contributed by atoms with Crippen molar-refractivity contribution in [1.82, 2.24) is 0 Å². The van der Waals surface area contributed by atoms with E-state index >= 15 is 0 Å². The third-order valence-corrected chi connectivity index (χ3v) is 6.55. The standard InChI is InChI=1S/C9H11ClO2S.C7H6ClNO4S/c1-6-4-7(2)9(8(3)5-6)13(10,11)12;1-5-2-3-6(9(10)11)4-7(5)14(8,12)13/h4-5H,1-3H3;2-4H,1H3. The highest BCUT2D eigenvalue weighted by atomic mass is 35.7. The van der Waals surface area contributed by atoms with Gasteiger partial charge in [-0.15, -0.1) is 0 Å². The quantitative estimate of drug-likeness (QED) is 0.387. The predicted molar refractivity (Wildman–Crippen MR) is 105 cm³/mol. The SMILES string of the molecule is Cc1cc(C)c(S(=O)(=O)Cl)c(C)c1.Cc1ccc([N+](=O)[O-])cc1S(=O)(=O)Cl. The second-order valence-corrected chi connectivity index (χ2v) is 10.8. The summed E-state index contributed by atoms with van der Waals surface area (Å²) in [5.41, 5.74) is 2.53. The van der Waals surface area contributed by atoms with Gasteiger partial charge in [0.1, 0.15) is 0 Å². The van der Waals surface area contributed by atoms with E-state index in [1.54, 1.807) is 13.8 Å². The summed E-state index contributed by atoms with van der Waals surface area (Å²) < 4.78 is 44.2. The number of non-ortho nitro benzene ring substituents is 1. The number of hydrogen-bond acceptors (Lipinski definition) is 6. The van der Waals surface area contributed by atoms with Crippen LogP contribution in [0.2, 0.25) is 0 Å². The monoisotopic (exact) mass is 453 g/mol. The van der Waals surface area contributed by atoms with Gasteiger partial charge in [-0.2, -0.15) is 0 Å². The summed E-state index contributed by atoms with van der Waals surface area (Å²) in [6.45, 7) is 6.92. The summed E-state index contributed by atoms with van der Waals surface area (Å²) in [6, 6.07) is 7.12. The molecule has 2 rings (SSSR count). The van der Waals surface area contributed by atoms with Crippen molar-refractivity contribution in [2.45, 2.75) is 37.5 Å². The number of hydrogen-bond donors (Lipinski definition) is 0. The van der Waals surface area contributed by atoms with E-state index in [0.717, 1.165) is 11.6 Å². The number of benzene rings is 2. The Balaban J connectivity index is 0.000000271. The number of nitro benzene ring substituents is 1. The fourth-order valence-electron chi connectivity index (χ4n) is 2.52. The lowest BCUT2D eigenvalue weighted by Gasteiger charge is -2.07. The molecule has 148 valence electrons. The van der Waals surface area contributed by atoms with E-state index in [1.807, 2.05) is 19.1 Å². The summed E-state index contributed by atoms with van der Waals surface area (Å²) in [5, 5.41) is 10.4. The minimum absolute atomic E-state index is 0.228. The molecule has 0 heterocycles. The van der Waals surface area contributed by atoms with Crippen molar-refractivity contribution in [2.24, 2.45) is 0 Å². The van der Waals surface area contributed by atoms with Gasteiger partial charge < -0.3 is 0 Å². The van der Waals surface area contributed by atoms with Crippen molar-refractivity contribution in [2.75, 3.05) is 0 Å². The summed E-state index contributed by atoms with van der Waals surface area (Å²) in [4.78, 5) is 9.69. The zero-order chi connectivity index (χ0) is 21.2. The van der Waals surface area contributed by atoms with Gasteiger partial charge in [-0.3, -0.25) is 10.1 Å². The maximum absolute atomic E-state index is 11.2. The topological polar surface area (TPSA) is 111 Å². The Morgan fingerprint density at radius 3 is 1.67 bits per heavy atom. The maximum atomic E-state index is 11.2. The predicted octanol–water partition coefficient (Wildman–Crippen LogP) is 4.37. The molecule has 7 nitrogen and oxygen atoms in total. The second-order valence-electron chi connectivity index (χ2n) is 5.81. The molecule has 0 saturated heterocycles. The summed E-state index contributed by atoms with van der Waals surface area (Å²) in [7, 11) is 2.85. The molecule has 0 saturated carbocycles. The normalized spacial score (nSPS) is 11.5. The highest BCUT2D eigenvalue weighted by Gasteiger charge is 2.18. The van der Waals surface area contributed by atoms with Crippen LogP contribution >= 0.6 is 21.4 Å². The van der Waals surface area contributed by atoms with Crippen molar-refractivity contribution < 1.29 is 21.8 Å². The highest BCUT2D eigenvalue weighted by molar-refractivity contribution is 8.14. The first-order valence-corrected chi connectivity index (χ1v) is 12.0. The van der Waals surface area contributed by atoms with Gasteiger partial charge in [0.25, 0.3) is 23.8 Å². The highest BCUT2D eigenvalue weighted by Crippen LogP contribution is 2.25. The first-order valence-electron chi connectivity index (χ1n) is 7.37. The van der Waals surface area contributed by atoms with E-state index < -0.39 is 23.0 Å². The van der Waals surface area contributed by atoms with E-state index in [4.69, 9.17) is 21.4 Å². The Morgan fingerprint density at radius 1 is 0.815 bits per heavy atom. The summed E-state index contributed by atoms with van der Waals surface area (Å²) in [6.07, 6.45) is 0. The molecule has 0 radical (unpaired) electrons. The smallest absolute Gasteiger partial charge is 0.258 e. The van der Waals surface area contributed by atoms with E-state index in [9.17, 15) is 26.9 Å². The number of rotatable bonds is 3. The van der Waals surface area contributed by atoms with Crippen LogP contribution in [0.3, 0.4) is 0 Å². The summed E-state index contributed by atoms with van der Waals surface area (Å²) >= 11 is 0. The van der Waals surface area contributed by atoms with Crippen molar-refractivity contribution in [3.05, 3.63) is 62.7 Å². The summed E-state index contributed by atoms with van der Waals surface area (Å²) in [5.74, 6) is 0. The van der Waals surface area contributed by atoms with Gasteiger partial charge in [-0.25, -0.2) is 16.8 Å². The Hall–Kier alpha value is -1.68. The molecule has 0 bridgehead atoms. The van der Waals surface area contributed by atoms with Crippen LogP contribution in [0.4, 0.5) is 5.69 Å². The molecule has 0 aliphatic rings. The molecule has 0 amide bonds. The number of halogens is 2. The molecule has 0 fully saturated rings. The van der Waals surface area contributed by atoms with Crippen molar-refractivity contribution in [3.8, 4) is 0 Å². The van der Waals surface area contributed by atoms with E-state index in [-0.39, 0.29) is 15.5 Å². The Labute approximate surface area is 166 Å². The molecule has 2 aromatic rings. The van der Waals surface area contributed by atoms with Gasteiger partial charge in [-0.1, -0.05) is 23.8 Å². The molecule has 0 aromatic heterocycles. The van der Waals surface area contributed by atoms with Gasteiger partial charge in [0.15, 0.2) is 0 Å². The van der Waals surface area contributed by atoms with Crippen LogP contribution in [-0.2, 0) is 18.1 Å². The third-order valence-electron chi connectivity index (χ3n) is 3.49. The van der Waals surface area contributed by atoms with Gasteiger partial charge in [-0.05, 0) is 44.4 Å². The first-order chi connectivity index (χ1) is 12.1. The molecular weight excluding hydrogens is 437 g/mol. The molecule has 0 atom stereocenters. The van der Waals surface area contributed by atoms with Gasteiger partial charge in [0, 0.05) is 33.5 Å². The van der Waals surface area contributed by atoms with Crippen LogP contribution in [-0.4, -0.2) is 21.8 Å². The molecule has 11 heteroatoms. The minimum atomic E-state index is -3.92. The van der Waals surface area contributed by atoms with E-state index in [2.05, 4.69) is 0 Å². The van der Waals surface area contributed by atoms with Crippen LogP contribution in [0, 0.1) is 37.8 Å². The third kappa shape index (κ3) is 6.46. The number of nitro groups is 1. The fourth-order valence-corrected chi connectivity index (χ4v) is 5.35. The molecule has 0 spiro atoms. The van der Waals surface area contributed by atoms with Crippen LogP contribution in [0.15, 0.2) is 40.1 Å². The van der Waals surface area contributed by atoms with Crippen LogP contribution in [0.5, 0.6) is 0 Å². The molecule has 0 aliphatic heterocycles. The lowest BCUT2D eigenvalue weighted by atomic mass is 10.1. The lowest BCUT2D eigenvalue weighted by Crippen LogP contribution is -1.98. The zero-order valence-corrected chi connectivity index (χ0v) is 18.0. The molecular formula is C16H17Cl2NO6S2. The number of nitrogens with zero attached hydrogens (tertiary/aromatic N) is 1. The minimum Gasteiger partial charge on any atom is -0.258 e. The largest absolute Gasteiger partial charge is 0.270 e. The van der Waals surface area contributed by atoms with Gasteiger partial charge in [0.05, 0.1) is 14.7 Å². The lowest BCUT2D eigenvalue weighted by molar-refractivity contribution is -0.385. The Morgan fingerprint density at radius 2 is 1.30 bits per heavy atom. The van der Waals surface area contributed by atoms with E-state index in [0.29, 0.717) is 16.7 Å². The average molecular weight is 454 g/mol. The fraction of sp³-hybridized carbons (Fsp3) is 0.250. The maximum Gasteiger partial charge on any atom is 0.270 e. The van der Waals surface area contributed by atoms with Gasteiger partial charge >= 0.3 is 0 Å². The molecule has 0 unspecified atom stereocenters. The van der Waals surface area contributed by atoms with Crippen LogP contribution < -0.4 is 0 Å². The van der Waals surface area contributed by atoms with Crippen LogP contribution in [0.25, 0.3) is 0 Å². The van der Waals surface area contributed by atoms with Gasteiger partial charge in [0.2, 0.25) is 0 Å². The molecule has 27 heavy (non-hydrogen) atoms. The van der Waals surface area contributed by atoms with Crippen molar-refractivity contribution in [1.29, 1.82) is 0 Å². The molecule has 0 aliphatic carbocycles. The van der Waals surface area contributed by atoms with Crippen molar-refractivity contribution >= 4 is 45.2 Å². The van der Waals surface area contributed by atoms with E-state index in [1.165, 1.54) is 19.1 Å². The molecule has 2 aromatic carbocycles. The Kier molecular flexibility index (Phi) is 7.40. The second kappa shape index (κ2) is 8.55. The first kappa shape index (κ1) is 23.4. The number of aryl methyl sites for hydroxylation is 4. The van der Waals surface area contributed by atoms with Crippen LogP contribution in [0.1, 0.15) is 22.3 Å². The average Bonchev–Trinajstić information content (AvgIpc) is 2.43. The molecule has 0 N–H and O–H groups in total.